The minimum Gasteiger partial charge on any atom is -0.496 e. The van der Waals surface area contributed by atoms with Crippen LogP contribution in [0.5, 0.6) is 5.75 Å². The molecule has 0 radical (unpaired) electrons. The molecule has 1 fully saturated rings. The average molecular weight is 385 g/mol. The van der Waals surface area contributed by atoms with Gasteiger partial charge in [-0.2, -0.15) is 0 Å². The van der Waals surface area contributed by atoms with E-state index in [1.807, 2.05) is 30.3 Å². The lowest BCUT2D eigenvalue weighted by Crippen LogP contribution is -2.41. The maximum absolute atomic E-state index is 13.1. The van der Waals surface area contributed by atoms with Crippen LogP contribution in [0.4, 0.5) is 0 Å². The summed E-state index contributed by atoms with van der Waals surface area (Å²) in [6.07, 6.45) is 2.13. The van der Waals surface area contributed by atoms with Gasteiger partial charge in [0.15, 0.2) is 9.84 Å². The molecule has 3 rings (SSSR count). The number of ether oxygens (including phenoxy) is 1. The van der Waals surface area contributed by atoms with Crippen LogP contribution in [-0.4, -0.2) is 44.7 Å². The number of sulfone groups is 1. The number of piperidine rings is 1. The van der Waals surface area contributed by atoms with Gasteiger partial charge in [-0.15, -0.1) is 0 Å². The Bertz CT molecular complexity index is 944. The van der Waals surface area contributed by atoms with E-state index >= 15 is 0 Å². The molecule has 0 saturated carbocycles. The summed E-state index contributed by atoms with van der Waals surface area (Å²) >= 11 is 0. The van der Waals surface area contributed by atoms with Crippen molar-refractivity contribution >= 4 is 15.7 Å². The minimum absolute atomic E-state index is 0.149. The van der Waals surface area contributed by atoms with Gasteiger partial charge >= 0.3 is 0 Å². The summed E-state index contributed by atoms with van der Waals surface area (Å²) in [6.45, 7) is 4.35. The Balaban J connectivity index is 1.86. The van der Waals surface area contributed by atoms with Crippen molar-refractivity contribution in [3.8, 4) is 16.9 Å². The fourth-order valence-electron chi connectivity index (χ4n) is 3.43. The van der Waals surface area contributed by atoms with Crippen LogP contribution in [0.15, 0.2) is 66.1 Å². The number of hydrogen-bond acceptors (Lipinski definition) is 4. The normalized spacial score (nSPS) is 15.4. The second-order valence-electron chi connectivity index (χ2n) is 6.50. The SMILES string of the molecule is C=CC(=O)N1CCC(S(=O)(=O)c2cccc(-c3ccccc3OC)c2)CC1. The van der Waals surface area contributed by atoms with Gasteiger partial charge in [0.25, 0.3) is 0 Å². The first-order valence-corrected chi connectivity index (χ1v) is 10.4. The Morgan fingerprint density at radius 1 is 1.15 bits per heavy atom. The summed E-state index contributed by atoms with van der Waals surface area (Å²) in [5.74, 6) is 0.548. The number of benzene rings is 2. The lowest BCUT2D eigenvalue weighted by atomic mass is 10.1. The predicted molar refractivity (Wildman–Crippen MR) is 105 cm³/mol. The van der Waals surface area contributed by atoms with Crippen molar-refractivity contribution in [2.45, 2.75) is 23.0 Å². The highest BCUT2D eigenvalue weighted by Crippen LogP contribution is 2.32. The summed E-state index contributed by atoms with van der Waals surface area (Å²) in [5, 5.41) is -0.487. The van der Waals surface area contributed by atoms with Crippen LogP contribution < -0.4 is 4.74 Å². The Hall–Kier alpha value is -2.60. The van der Waals surface area contributed by atoms with Crippen LogP contribution in [0.3, 0.4) is 0 Å². The zero-order valence-electron chi connectivity index (χ0n) is 15.3. The molecule has 2 aromatic rings. The van der Waals surface area contributed by atoms with Crippen LogP contribution >= 0.6 is 0 Å². The molecule has 0 N–H and O–H groups in total. The number of carbonyl (C=O) groups is 1. The van der Waals surface area contributed by atoms with E-state index in [-0.39, 0.29) is 5.91 Å². The monoisotopic (exact) mass is 385 g/mol. The molecule has 0 aromatic heterocycles. The molecule has 1 aliphatic heterocycles. The largest absolute Gasteiger partial charge is 0.496 e. The van der Waals surface area contributed by atoms with E-state index < -0.39 is 15.1 Å². The third-order valence-corrected chi connectivity index (χ3v) is 7.21. The van der Waals surface area contributed by atoms with E-state index in [9.17, 15) is 13.2 Å². The van der Waals surface area contributed by atoms with Crippen LogP contribution in [-0.2, 0) is 14.6 Å². The topological polar surface area (TPSA) is 63.7 Å². The van der Waals surface area contributed by atoms with Gasteiger partial charge in [0.2, 0.25) is 5.91 Å². The Kier molecular flexibility index (Phi) is 5.65. The second kappa shape index (κ2) is 7.96. The van der Waals surface area contributed by atoms with E-state index in [0.717, 1.165) is 11.1 Å². The molecule has 142 valence electrons. The number of likely N-dealkylation sites (tertiary alicyclic amines) is 1. The second-order valence-corrected chi connectivity index (χ2v) is 8.73. The van der Waals surface area contributed by atoms with E-state index in [1.54, 1.807) is 30.2 Å². The molecule has 27 heavy (non-hydrogen) atoms. The van der Waals surface area contributed by atoms with Crippen molar-refractivity contribution in [2.75, 3.05) is 20.2 Å². The lowest BCUT2D eigenvalue weighted by Gasteiger charge is -2.31. The summed E-state index contributed by atoms with van der Waals surface area (Å²) in [5.41, 5.74) is 1.65. The molecule has 0 unspecified atom stereocenters. The van der Waals surface area contributed by atoms with E-state index in [0.29, 0.717) is 36.6 Å². The number of amides is 1. The highest BCUT2D eigenvalue weighted by atomic mass is 32.2. The van der Waals surface area contributed by atoms with E-state index in [1.165, 1.54) is 6.08 Å². The smallest absolute Gasteiger partial charge is 0.245 e. The van der Waals surface area contributed by atoms with Gasteiger partial charge in [0.1, 0.15) is 5.75 Å². The number of carbonyl (C=O) groups excluding carboxylic acids is 1. The summed E-state index contributed by atoms with van der Waals surface area (Å²) < 4.78 is 31.6. The molecule has 2 aromatic carbocycles. The van der Waals surface area contributed by atoms with Crippen molar-refractivity contribution in [1.82, 2.24) is 4.90 Å². The summed E-state index contributed by atoms with van der Waals surface area (Å²) in [6, 6.07) is 14.5. The van der Waals surface area contributed by atoms with Gasteiger partial charge in [0, 0.05) is 18.7 Å². The first-order chi connectivity index (χ1) is 13.0. The summed E-state index contributed by atoms with van der Waals surface area (Å²) in [7, 11) is -1.88. The van der Waals surface area contributed by atoms with Gasteiger partial charge in [-0.25, -0.2) is 8.42 Å². The average Bonchev–Trinajstić information content (AvgIpc) is 2.73. The Morgan fingerprint density at radius 2 is 1.85 bits per heavy atom. The van der Waals surface area contributed by atoms with Gasteiger partial charge in [-0.1, -0.05) is 36.9 Å². The van der Waals surface area contributed by atoms with E-state index in [4.69, 9.17) is 4.74 Å². The van der Waals surface area contributed by atoms with Gasteiger partial charge in [-0.05, 0) is 42.7 Å². The summed E-state index contributed by atoms with van der Waals surface area (Å²) in [4.78, 5) is 13.6. The molecular weight excluding hydrogens is 362 g/mol. The molecule has 6 heteroatoms. The van der Waals surface area contributed by atoms with Crippen molar-refractivity contribution in [3.63, 3.8) is 0 Å². The predicted octanol–water partition coefficient (Wildman–Crippen LogP) is 3.31. The van der Waals surface area contributed by atoms with Crippen LogP contribution in [0, 0.1) is 0 Å². The van der Waals surface area contributed by atoms with Crippen molar-refractivity contribution < 1.29 is 17.9 Å². The molecule has 0 spiro atoms. The number of nitrogens with zero attached hydrogens (tertiary/aromatic N) is 1. The Labute approximate surface area is 160 Å². The number of hydrogen-bond donors (Lipinski definition) is 0. The fourth-order valence-corrected chi connectivity index (χ4v) is 5.21. The Morgan fingerprint density at radius 3 is 2.52 bits per heavy atom. The first kappa shape index (κ1) is 19.2. The lowest BCUT2D eigenvalue weighted by molar-refractivity contribution is -0.126. The quantitative estimate of drug-likeness (QED) is 0.741. The van der Waals surface area contributed by atoms with E-state index in [2.05, 4.69) is 6.58 Å². The van der Waals surface area contributed by atoms with Gasteiger partial charge < -0.3 is 9.64 Å². The zero-order valence-corrected chi connectivity index (χ0v) is 16.1. The third kappa shape index (κ3) is 3.90. The van der Waals surface area contributed by atoms with Crippen molar-refractivity contribution in [2.24, 2.45) is 0 Å². The zero-order chi connectivity index (χ0) is 19.4. The highest BCUT2D eigenvalue weighted by molar-refractivity contribution is 7.92. The molecule has 0 aliphatic carbocycles. The third-order valence-electron chi connectivity index (χ3n) is 4.95. The maximum Gasteiger partial charge on any atom is 0.245 e. The minimum atomic E-state index is -3.47. The van der Waals surface area contributed by atoms with Crippen LogP contribution in [0.25, 0.3) is 11.1 Å². The molecule has 5 nitrogen and oxygen atoms in total. The highest BCUT2D eigenvalue weighted by Gasteiger charge is 2.32. The fraction of sp³-hybridized carbons (Fsp3) is 0.286. The molecule has 1 heterocycles. The molecular formula is C21H23NO4S. The van der Waals surface area contributed by atoms with Crippen LogP contribution in [0.2, 0.25) is 0 Å². The number of rotatable bonds is 5. The molecule has 1 aliphatic rings. The number of methoxy groups -OCH3 is 1. The van der Waals surface area contributed by atoms with Crippen molar-refractivity contribution in [3.05, 3.63) is 61.2 Å². The molecule has 0 bridgehead atoms. The van der Waals surface area contributed by atoms with Gasteiger partial charge in [-0.3, -0.25) is 4.79 Å². The van der Waals surface area contributed by atoms with Gasteiger partial charge in [0.05, 0.1) is 17.3 Å². The van der Waals surface area contributed by atoms with Crippen LogP contribution in [0.1, 0.15) is 12.8 Å². The molecule has 1 saturated heterocycles. The van der Waals surface area contributed by atoms with Crippen molar-refractivity contribution in [1.29, 1.82) is 0 Å². The number of para-hydroxylation sites is 1. The standard InChI is InChI=1S/C21H23NO4S/c1-3-21(23)22-13-11-17(12-14-22)27(24,25)18-8-6-7-16(15-18)19-9-4-5-10-20(19)26-2/h3-10,15,17H,1,11-14H2,2H3. The molecule has 1 amide bonds. The first-order valence-electron chi connectivity index (χ1n) is 8.86. The maximum atomic E-state index is 13.1. The molecule has 0 atom stereocenters.